The van der Waals surface area contributed by atoms with E-state index in [1.165, 1.54) is 0 Å². The highest BCUT2D eigenvalue weighted by atomic mass is 32.2. The molecule has 8 heteroatoms. The van der Waals surface area contributed by atoms with E-state index in [1.54, 1.807) is 24.3 Å². The van der Waals surface area contributed by atoms with Crippen LogP contribution in [0, 0.1) is 0 Å². The van der Waals surface area contributed by atoms with Crippen LogP contribution in [-0.4, -0.2) is 44.4 Å². The Hall–Kier alpha value is -2.87. The summed E-state index contributed by atoms with van der Waals surface area (Å²) in [6, 6.07) is 15.6. The Morgan fingerprint density at radius 3 is 2.36 bits per heavy atom. The summed E-state index contributed by atoms with van der Waals surface area (Å²) in [6.07, 6.45) is 1.18. The molecule has 0 unspecified atom stereocenters. The number of hydrogen-bond donors (Lipinski definition) is 3. The number of sulfone groups is 1. The minimum Gasteiger partial charge on any atom is -0.352 e. The van der Waals surface area contributed by atoms with Gasteiger partial charge in [0.2, 0.25) is 0 Å². The van der Waals surface area contributed by atoms with E-state index in [1.807, 2.05) is 30.3 Å². The Balaban J connectivity index is 1.45. The van der Waals surface area contributed by atoms with Gasteiger partial charge in [0.1, 0.15) is 0 Å². The quantitative estimate of drug-likeness (QED) is 0.688. The summed E-state index contributed by atoms with van der Waals surface area (Å²) in [4.78, 5) is 24.2. The Kier molecular flexibility index (Phi) is 6.30. The zero-order chi connectivity index (χ0) is 20.0. The monoisotopic (exact) mass is 401 g/mol. The molecule has 2 aromatic rings. The second kappa shape index (κ2) is 8.88. The molecule has 3 N–H and O–H groups in total. The molecule has 148 valence electrons. The van der Waals surface area contributed by atoms with Crippen LogP contribution < -0.4 is 16.0 Å². The summed E-state index contributed by atoms with van der Waals surface area (Å²) < 4.78 is 22.9. The zero-order valence-corrected chi connectivity index (χ0v) is 16.2. The first-order valence-electron chi connectivity index (χ1n) is 9.11. The van der Waals surface area contributed by atoms with Crippen molar-refractivity contribution in [3.05, 3.63) is 65.7 Å². The van der Waals surface area contributed by atoms with Crippen molar-refractivity contribution in [1.29, 1.82) is 0 Å². The van der Waals surface area contributed by atoms with Gasteiger partial charge in [-0.25, -0.2) is 13.2 Å². The maximum Gasteiger partial charge on any atom is 0.319 e. The fourth-order valence-corrected chi connectivity index (χ4v) is 4.71. The van der Waals surface area contributed by atoms with Gasteiger partial charge in [0.15, 0.2) is 9.84 Å². The number of benzene rings is 2. The molecule has 3 amide bonds. The maximum atomic E-state index is 12.2. The maximum absolute atomic E-state index is 12.2. The molecule has 1 heterocycles. The van der Waals surface area contributed by atoms with Crippen LogP contribution in [0.1, 0.15) is 22.3 Å². The summed E-state index contributed by atoms with van der Waals surface area (Å²) >= 11 is 0. The van der Waals surface area contributed by atoms with Crippen molar-refractivity contribution in [2.24, 2.45) is 0 Å². The van der Waals surface area contributed by atoms with Gasteiger partial charge in [-0.2, -0.15) is 0 Å². The zero-order valence-electron chi connectivity index (χ0n) is 15.4. The Labute approximate surface area is 164 Å². The van der Waals surface area contributed by atoms with Crippen LogP contribution in [0.25, 0.3) is 0 Å². The fraction of sp³-hybridized carbons (Fsp3) is 0.300. The van der Waals surface area contributed by atoms with E-state index < -0.39 is 15.9 Å². The van der Waals surface area contributed by atoms with Crippen molar-refractivity contribution in [3.63, 3.8) is 0 Å². The molecule has 1 aliphatic rings. The van der Waals surface area contributed by atoms with E-state index in [9.17, 15) is 18.0 Å². The van der Waals surface area contributed by atoms with Gasteiger partial charge in [0.25, 0.3) is 5.91 Å². The van der Waals surface area contributed by atoms with Crippen molar-refractivity contribution < 1.29 is 18.0 Å². The number of rotatable bonds is 6. The molecule has 28 heavy (non-hydrogen) atoms. The Morgan fingerprint density at radius 2 is 1.71 bits per heavy atom. The molecule has 7 nitrogen and oxygen atoms in total. The third kappa shape index (κ3) is 5.82. The number of carbonyl (C=O) groups excluding carboxylic acids is 2. The van der Waals surface area contributed by atoms with Gasteiger partial charge in [-0.05, 0) is 42.7 Å². The number of amides is 3. The molecule has 0 bridgehead atoms. The average molecular weight is 401 g/mol. The summed E-state index contributed by atoms with van der Waals surface area (Å²) in [6.45, 7) is 0.537. The second-order valence-electron chi connectivity index (χ2n) is 6.77. The van der Waals surface area contributed by atoms with Crippen LogP contribution in [0.3, 0.4) is 0 Å². The van der Waals surface area contributed by atoms with Crippen LogP contribution in [0.5, 0.6) is 0 Å². The van der Waals surface area contributed by atoms with Crippen molar-refractivity contribution in [1.82, 2.24) is 10.6 Å². The highest BCUT2D eigenvalue weighted by molar-refractivity contribution is 7.91. The number of urea groups is 1. The van der Waals surface area contributed by atoms with Gasteiger partial charge in [0, 0.05) is 23.8 Å². The fourth-order valence-electron chi connectivity index (χ4n) is 3.03. The number of anilines is 1. The molecular weight excluding hydrogens is 378 g/mol. The van der Waals surface area contributed by atoms with Gasteiger partial charge in [-0.1, -0.05) is 30.3 Å². The van der Waals surface area contributed by atoms with Crippen LogP contribution in [-0.2, 0) is 16.3 Å². The van der Waals surface area contributed by atoms with E-state index in [-0.39, 0.29) is 23.5 Å². The molecule has 0 spiro atoms. The number of carbonyl (C=O) groups is 2. The molecule has 0 saturated carbocycles. The molecule has 1 atom stereocenters. The van der Waals surface area contributed by atoms with Crippen molar-refractivity contribution in [2.45, 2.75) is 18.9 Å². The van der Waals surface area contributed by atoms with E-state index in [0.717, 1.165) is 12.0 Å². The van der Waals surface area contributed by atoms with Crippen LogP contribution in [0.15, 0.2) is 54.6 Å². The first-order valence-corrected chi connectivity index (χ1v) is 10.9. The summed E-state index contributed by atoms with van der Waals surface area (Å²) in [5, 5.41) is 8.17. The molecule has 2 aromatic carbocycles. The third-order valence-electron chi connectivity index (χ3n) is 4.51. The van der Waals surface area contributed by atoms with Crippen molar-refractivity contribution in [2.75, 3.05) is 23.4 Å². The van der Waals surface area contributed by atoms with Crippen molar-refractivity contribution >= 4 is 27.5 Å². The lowest BCUT2D eigenvalue weighted by Gasteiger charge is -2.12. The largest absolute Gasteiger partial charge is 0.352 e. The van der Waals surface area contributed by atoms with Crippen molar-refractivity contribution in [3.8, 4) is 0 Å². The van der Waals surface area contributed by atoms with Crippen LogP contribution in [0.2, 0.25) is 0 Å². The predicted molar refractivity (Wildman–Crippen MR) is 108 cm³/mol. The van der Waals surface area contributed by atoms with Gasteiger partial charge in [0.05, 0.1) is 11.5 Å². The molecular formula is C20H23N3O4S. The minimum absolute atomic E-state index is 0.0253. The van der Waals surface area contributed by atoms with Gasteiger partial charge < -0.3 is 16.0 Å². The van der Waals surface area contributed by atoms with Crippen LogP contribution >= 0.6 is 0 Å². The van der Waals surface area contributed by atoms with E-state index >= 15 is 0 Å². The lowest BCUT2D eigenvalue weighted by molar-refractivity contribution is 0.0954. The van der Waals surface area contributed by atoms with E-state index in [2.05, 4.69) is 16.0 Å². The molecule has 1 aliphatic heterocycles. The van der Waals surface area contributed by atoms with Gasteiger partial charge in [-0.3, -0.25) is 4.79 Å². The molecule has 1 saturated heterocycles. The minimum atomic E-state index is -3.04. The highest BCUT2D eigenvalue weighted by Crippen LogP contribution is 2.13. The second-order valence-corrected chi connectivity index (χ2v) is 9.00. The SMILES string of the molecule is O=C(Nc1ccc(C(=O)NCCc2ccccc2)cc1)N[C@H]1CCS(=O)(=O)C1. The highest BCUT2D eigenvalue weighted by Gasteiger charge is 2.28. The Morgan fingerprint density at radius 1 is 1.00 bits per heavy atom. The normalized spacial score (nSPS) is 17.6. The van der Waals surface area contributed by atoms with E-state index in [4.69, 9.17) is 0 Å². The lowest BCUT2D eigenvalue weighted by Crippen LogP contribution is -2.38. The van der Waals surface area contributed by atoms with Gasteiger partial charge in [-0.15, -0.1) is 0 Å². The summed E-state index contributed by atoms with van der Waals surface area (Å²) in [7, 11) is -3.04. The number of nitrogens with one attached hydrogen (secondary N) is 3. The molecule has 3 rings (SSSR count). The van der Waals surface area contributed by atoms with E-state index in [0.29, 0.717) is 24.2 Å². The summed E-state index contributed by atoms with van der Waals surface area (Å²) in [5.41, 5.74) is 2.18. The predicted octanol–water partition coefficient (Wildman–Crippen LogP) is 1.97. The number of hydrogen-bond acceptors (Lipinski definition) is 4. The molecule has 0 aromatic heterocycles. The van der Waals surface area contributed by atoms with Gasteiger partial charge >= 0.3 is 6.03 Å². The topological polar surface area (TPSA) is 104 Å². The third-order valence-corrected chi connectivity index (χ3v) is 6.28. The molecule has 0 radical (unpaired) electrons. The first kappa shape index (κ1) is 19.9. The smallest absolute Gasteiger partial charge is 0.319 e. The molecule has 1 fully saturated rings. The molecule has 0 aliphatic carbocycles. The Bertz CT molecular complexity index is 928. The van der Waals surface area contributed by atoms with Crippen LogP contribution in [0.4, 0.5) is 10.5 Å². The summed E-state index contributed by atoms with van der Waals surface area (Å²) in [5.74, 6) is -0.0998. The first-order chi connectivity index (χ1) is 13.4. The lowest BCUT2D eigenvalue weighted by atomic mass is 10.1. The average Bonchev–Trinajstić information content (AvgIpc) is 3.01. The standard InChI is InChI=1S/C20H23N3O4S/c24-19(21-12-10-15-4-2-1-3-5-15)16-6-8-17(9-7-16)22-20(25)23-18-11-13-28(26,27)14-18/h1-9,18H,10-14H2,(H,21,24)(H2,22,23,25)/t18-/m0/s1.